The summed E-state index contributed by atoms with van der Waals surface area (Å²) in [5.41, 5.74) is 3.09. The Labute approximate surface area is 144 Å². The third-order valence-corrected chi connectivity index (χ3v) is 4.46. The van der Waals surface area contributed by atoms with Gasteiger partial charge in [0.15, 0.2) is 4.60 Å². The molecular formula is C15H10BrCl2N3O. The third kappa shape index (κ3) is 2.53. The Morgan fingerprint density at radius 3 is 2.59 bits per heavy atom. The maximum Gasteiger partial charge on any atom is 0.240 e. The molecule has 3 aromatic rings. The van der Waals surface area contributed by atoms with Crippen LogP contribution in [0.2, 0.25) is 10.0 Å². The lowest BCUT2D eigenvalue weighted by Gasteiger charge is -2.13. The zero-order valence-corrected chi connectivity index (χ0v) is 14.8. The summed E-state index contributed by atoms with van der Waals surface area (Å²) in [7, 11) is 0. The summed E-state index contributed by atoms with van der Waals surface area (Å²) in [6.45, 7) is 3.80. The normalized spacial score (nSPS) is 11.1. The molecule has 112 valence electrons. The molecule has 0 amide bonds. The zero-order chi connectivity index (χ0) is 16.0. The Morgan fingerprint density at radius 2 is 1.91 bits per heavy atom. The fourth-order valence-corrected chi connectivity index (χ4v) is 2.98. The second-order valence-corrected chi connectivity index (χ2v) is 6.48. The van der Waals surface area contributed by atoms with Gasteiger partial charge in [-0.15, -0.1) is 0 Å². The Hall–Kier alpha value is -1.43. The van der Waals surface area contributed by atoms with Gasteiger partial charge in [-0.2, -0.15) is 5.10 Å². The molecule has 0 unspecified atom stereocenters. The average Bonchev–Trinajstić information content (AvgIpc) is 2.46. The van der Waals surface area contributed by atoms with Crippen molar-refractivity contribution in [1.29, 1.82) is 0 Å². The van der Waals surface area contributed by atoms with E-state index in [1.54, 1.807) is 22.9 Å². The van der Waals surface area contributed by atoms with E-state index in [2.05, 4.69) is 26.0 Å². The minimum absolute atomic E-state index is 0.182. The molecule has 0 saturated heterocycles. The number of pyridine rings is 1. The van der Waals surface area contributed by atoms with Gasteiger partial charge in [-0.05, 0) is 59.6 Å². The molecule has 0 atom stereocenters. The van der Waals surface area contributed by atoms with Crippen LogP contribution in [0.25, 0.3) is 16.7 Å². The van der Waals surface area contributed by atoms with Crippen molar-refractivity contribution >= 4 is 50.2 Å². The summed E-state index contributed by atoms with van der Waals surface area (Å²) in [6.07, 6.45) is 0. The van der Waals surface area contributed by atoms with Crippen LogP contribution in [0.15, 0.2) is 33.7 Å². The Kier molecular flexibility index (Phi) is 3.97. The topological polar surface area (TPSA) is 47.8 Å². The third-order valence-electron chi connectivity index (χ3n) is 3.40. The lowest BCUT2D eigenvalue weighted by atomic mass is 10.2. The molecule has 0 fully saturated rings. The van der Waals surface area contributed by atoms with E-state index in [1.807, 2.05) is 19.9 Å². The van der Waals surface area contributed by atoms with Crippen molar-refractivity contribution in [2.75, 3.05) is 0 Å². The van der Waals surface area contributed by atoms with Crippen LogP contribution in [-0.2, 0) is 0 Å². The summed E-state index contributed by atoms with van der Waals surface area (Å²) in [4.78, 5) is 16.7. The fourth-order valence-electron chi connectivity index (χ4n) is 2.14. The molecule has 0 aliphatic heterocycles. The van der Waals surface area contributed by atoms with Gasteiger partial charge in [0.2, 0.25) is 5.43 Å². The van der Waals surface area contributed by atoms with Crippen molar-refractivity contribution in [3.8, 4) is 5.69 Å². The van der Waals surface area contributed by atoms with E-state index in [4.69, 9.17) is 23.2 Å². The van der Waals surface area contributed by atoms with Gasteiger partial charge in [-0.3, -0.25) is 4.79 Å². The minimum Gasteiger partial charge on any atom is -0.284 e. The monoisotopic (exact) mass is 397 g/mol. The highest BCUT2D eigenvalue weighted by molar-refractivity contribution is 9.10. The number of benzene rings is 1. The molecule has 2 aromatic heterocycles. The van der Waals surface area contributed by atoms with E-state index in [1.165, 1.54) is 0 Å². The first-order valence-electron chi connectivity index (χ1n) is 6.40. The van der Waals surface area contributed by atoms with E-state index < -0.39 is 0 Å². The quantitative estimate of drug-likeness (QED) is 0.607. The first kappa shape index (κ1) is 15.5. The van der Waals surface area contributed by atoms with Gasteiger partial charge in [0, 0.05) is 10.7 Å². The molecule has 4 nitrogen and oxygen atoms in total. The van der Waals surface area contributed by atoms with Gasteiger partial charge in [-0.1, -0.05) is 23.2 Å². The molecule has 0 bridgehead atoms. The van der Waals surface area contributed by atoms with Crippen molar-refractivity contribution in [2.45, 2.75) is 13.8 Å². The highest BCUT2D eigenvalue weighted by Gasteiger charge is 2.15. The van der Waals surface area contributed by atoms with Crippen LogP contribution in [0.5, 0.6) is 0 Å². The largest absolute Gasteiger partial charge is 0.284 e. The lowest BCUT2D eigenvalue weighted by molar-refractivity contribution is 0.856. The van der Waals surface area contributed by atoms with Crippen LogP contribution in [-0.4, -0.2) is 14.8 Å². The molecule has 2 heterocycles. The standard InChI is InChI=1S/C15H10BrCl2N3O/c1-7-5-12-13(19-8(7)2)14(22)15(16)20-21(12)11-4-3-9(17)6-10(11)18/h3-6H,1-2H3. The molecular weight excluding hydrogens is 389 g/mol. The van der Waals surface area contributed by atoms with Gasteiger partial charge in [0.05, 0.1) is 16.2 Å². The molecule has 0 spiro atoms. The number of nitrogens with zero attached hydrogens (tertiary/aromatic N) is 3. The van der Waals surface area contributed by atoms with Crippen LogP contribution >= 0.6 is 39.1 Å². The summed E-state index contributed by atoms with van der Waals surface area (Å²) < 4.78 is 1.78. The van der Waals surface area contributed by atoms with Crippen LogP contribution in [0.1, 0.15) is 11.3 Å². The SMILES string of the molecule is Cc1cc2c(nc1C)c(=O)c(Br)nn2-c1ccc(Cl)cc1Cl. The summed E-state index contributed by atoms with van der Waals surface area (Å²) >= 11 is 15.4. The van der Waals surface area contributed by atoms with Gasteiger partial charge < -0.3 is 0 Å². The Morgan fingerprint density at radius 1 is 1.18 bits per heavy atom. The summed E-state index contributed by atoms with van der Waals surface area (Å²) in [5.74, 6) is 0. The van der Waals surface area contributed by atoms with Crippen LogP contribution in [0, 0.1) is 13.8 Å². The van der Waals surface area contributed by atoms with Crippen LogP contribution in [0.3, 0.4) is 0 Å². The Balaban J connectivity index is 2.46. The minimum atomic E-state index is -0.251. The maximum atomic E-state index is 12.3. The average molecular weight is 399 g/mol. The molecule has 22 heavy (non-hydrogen) atoms. The first-order valence-corrected chi connectivity index (χ1v) is 7.95. The van der Waals surface area contributed by atoms with Crippen molar-refractivity contribution < 1.29 is 0 Å². The number of aromatic nitrogens is 3. The van der Waals surface area contributed by atoms with Gasteiger partial charge in [0.1, 0.15) is 5.52 Å². The van der Waals surface area contributed by atoms with E-state index >= 15 is 0 Å². The molecule has 0 saturated carbocycles. The predicted molar refractivity (Wildman–Crippen MR) is 92.3 cm³/mol. The smallest absolute Gasteiger partial charge is 0.240 e. The van der Waals surface area contributed by atoms with E-state index in [0.717, 1.165) is 11.3 Å². The second-order valence-electron chi connectivity index (χ2n) is 4.89. The molecule has 7 heteroatoms. The zero-order valence-electron chi connectivity index (χ0n) is 11.7. The van der Waals surface area contributed by atoms with Gasteiger partial charge in [-0.25, -0.2) is 9.67 Å². The second kappa shape index (κ2) is 5.65. The van der Waals surface area contributed by atoms with E-state index in [-0.39, 0.29) is 10.0 Å². The maximum absolute atomic E-state index is 12.3. The van der Waals surface area contributed by atoms with Crippen molar-refractivity contribution in [1.82, 2.24) is 14.8 Å². The molecule has 1 aromatic carbocycles. The van der Waals surface area contributed by atoms with Crippen LogP contribution < -0.4 is 5.43 Å². The summed E-state index contributed by atoms with van der Waals surface area (Å²) in [5, 5.41) is 5.26. The van der Waals surface area contributed by atoms with Gasteiger partial charge >= 0.3 is 0 Å². The van der Waals surface area contributed by atoms with Crippen LogP contribution in [0.4, 0.5) is 0 Å². The Bertz CT molecular complexity index is 969. The fraction of sp³-hybridized carbons (Fsp3) is 0.133. The molecule has 0 N–H and O–H groups in total. The van der Waals surface area contributed by atoms with Crippen molar-refractivity contribution in [3.63, 3.8) is 0 Å². The number of halogens is 3. The number of hydrogen-bond acceptors (Lipinski definition) is 3. The molecule has 0 radical (unpaired) electrons. The number of fused-ring (bicyclic) bond motifs is 1. The summed E-state index contributed by atoms with van der Waals surface area (Å²) in [6, 6.07) is 6.98. The predicted octanol–water partition coefficient (Wildman–Crippen LogP) is 4.47. The number of rotatable bonds is 1. The lowest BCUT2D eigenvalue weighted by Crippen LogP contribution is -2.16. The number of aryl methyl sites for hydroxylation is 2. The number of hydrogen-bond donors (Lipinski definition) is 0. The van der Waals surface area contributed by atoms with Crippen molar-refractivity contribution in [3.05, 3.63) is 60.4 Å². The molecule has 0 aliphatic rings. The van der Waals surface area contributed by atoms with E-state index in [0.29, 0.717) is 26.8 Å². The molecule has 3 rings (SSSR count). The molecule has 0 aliphatic carbocycles. The van der Waals surface area contributed by atoms with Crippen molar-refractivity contribution in [2.24, 2.45) is 0 Å². The highest BCUT2D eigenvalue weighted by Crippen LogP contribution is 2.26. The first-order chi connectivity index (χ1) is 10.4. The highest BCUT2D eigenvalue weighted by atomic mass is 79.9. The van der Waals surface area contributed by atoms with E-state index in [9.17, 15) is 4.79 Å². The van der Waals surface area contributed by atoms with Gasteiger partial charge in [0.25, 0.3) is 0 Å².